The van der Waals surface area contributed by atoms with Crippen LogP contribution in [0.3, 0.4) is 0 Å². The number of nitrogens with zero attached hydrogens (tertiary/aromatic N) is 3. The summed E-state index contributed by atoms with van der Waals surface area (Å²) in [4.78, 5) is 5.89. The van der Waals surface area contributed by atoms with E-state index in [1.807, 2.05) is 0 Å². The van der Waals surface area contributed by atoms with Crippen molar-refractivity contribution in [3.8, 4) is 0 Å². The molecule has 1 saturated carbocycles. The Kier molecular flexibility index (Phi) is 6.75. The molecule has 0 spiro atoms. The van der Waals surface area contributed by atoms with Crippen LogP contribution in [-0.4, -0.2) is 59.6 Å². The van der Waals surface area contributed by atoms with Gasteiger partial charge in [0.1, 0.15) is 0 Å². The first-order chi connectivity index (χ1) is 16.8. The summed E-state index contributed by atoms with van der Waals surface area (Å²) in [6, 6.07) is 25.3. The highest BCUT2D eigenvalue weighted by Crippen LogP contribution is 2.47. The number of hydrogen-bond acceptors (Lipinski definition) is 4. The van der Waals surface area contributed by atoms with E-state index in [0.717, 1.165) is 12.5 Å². The van der Waals surface area contributed by atoms with Crippen molar-refractivity contribution < 1.29 is 0 Å². The molecule has 0 radical (unpaired) electrons. The van der Waals surface area contributed by atoms with Gasteiger partial charge in [0, 0.05) is 49.7 Å². The molecule has 4 saturated heterocycles. The predicted molar refractivity (Wildman–Crippen MR) is 139 cm³/mol. The van der Waals surface area contributed by atoms with Crippen LogP contribution in [-0.2, 0) is 0 Å². The Morgan fingerprint density at radius 1 is 0.735 bits per heavy atom. The lowest BCUT2D eigenvalue weighted by Crippen LogP contribution is -2.55. The molecule has 7 rings (SSSR count). The number of hydrogen-bond donors (Lipinski definition) is 1. The Balaban J connectivity index is 1.31. The van der Waals surface area contributed by atoms with E-state index in [9.17, 15) is 0 Å². The SMILES string of the molecule is CCNN1CC2CC(N3CCCC3c3ccccc3)C(C1)C(N1CCCC1c1ccccc1)C2. The maximum atomic E-state index is 3.73. The Morgan fingerprint density at radius 3 is 1.76 bits per heavy atom. The number of benzene rings is 2. The van der Waals surface area contributed by atoms with E-state index in [0.29, 0.717) is 30.1 Å². The summed E-state index contributed by atoms with van der Waals surface area (Å²) < 4.78 is 0. The highest BCUT2D eigenvalue weighted by molar-refractivity contribution is 5.22. The minimum absolute atomic E-state index is 0.599. The molecule has 2 aromatic carbocycles. The highest BCUT2D eigenvalue weighted by atomic mass is 15.5. The van der Waals surface area contributed by atoms with Gasteiger partial charge in [-0.15, -0.1) is 0 Å². The summed E-state index contributed by atoms with van der Waals surface area (Å²) >= 11 is 0. The van der Waals surface area contributed by atoms with E-state index in [1.54, 1.807) is 0 Å². The number of nitrogens with one attached hydrogen (secondary N) is 1. The lowest BCUT2D eigenvalue weighted by Gasteiger charge is -2.49. The minimum Gasteiger partial charge on any atom is -0.293 e. The van der Waals surface area contributed by atoms with Crippen LogP contribution in [0.25, 0.3) is 0 Å². The molecular formula is C30H42N4. The lowest BCUT2D eigenvalue weighted by atomic mass is 9.74. The van der Waals surface area contributed by atoms with Gasteiger partial charge >= 0.3 is 0 Å². The molecule has 1 aliphatic carbocycles. The number of fused-ring (bicyclic) bond motifs is 4. The van der Waals surface area contributed by atoms with Crippen LogP contribution in [0.4, 0.5) is 0 Å². The Labute approximate surface area is 206 Å². The summed E-state index contributed by atoms with van der Waals surface area (Å²) in [7, 11) is 0. The molecule has 4 atom stereocenters. The van der Waals surface area contributed by atoms with Gasteiger partial charge in [-0.3, -0.25) is 15.2 Å². The fraction of sp³-hybridized carbons (Fsp3) is 0.600. The van der Waals surface area contributed by atoms with Gasteiger partial charge in [-0.25, -0.2) is 5.01 Å². The highest BCUT2D eigenvalue weighted by Gasteiger charge is 2.50. The zero-order valence-corrected chi connectivity index (χ0v) is 20.9. The van der Waals surface area contributed by atoms with Crippen LogP contribution in [0.2, 0.25) is 0 Å². The fourth-order valence-electron chi connectivity index (χ4n) is 7.97. The zero-order valence-electron chi connectivity index (χ0n) is 20.9. The molecule has 1 N–H and O–H groups in total. The molecule has 4 heteroatoms. The molecular weight excluding hydrogens is 416 g/mol. The first-order valence-electron chi connectivity index (χ1n) is 13.9. The fourth-order valence-corrected chi connectivity index (χ4v) is 7.97. The van der Waals surface area contributed by atoms with Gasteiger partial charge in [0.2, 0.25) is 0 Å². The van der Waals surface area contributed by atoms with Crippen LogP contribution in [0, 0.1) is 11.8 Å². The molecule has 2 aromatic rings. The van der Waals surface area contributed by atoms with Crippen LogP contribution < -0.4 is 5.43 Å². The molecule has 34 heavy (non-hydrogen) atoms. The summed E-state index contributed by atoms with van der Waals surface area (Å²) in [5, 5.41) is 2.59. The first-order valence-corrected chi connectivity index (χ1v) is 13.9. The maximum Gasteiger partial charge on any atom is 0.0351 e. The average Bonchev–Trinajstić information content (AvgIpc) is 3.49. The summed E-state index contributed by atoms with van der Waals surface area (Å²) in [6.07, 6.45) is 8.05. The molecule has 4 heterocycles. The van der Waals surface area contributed by atoms with Gasteiger partial charge in [0.15, 0.2) is 0 Å². The van der Waals surface area contributed by atoms with Crippen LogP contribution in [0.1, 0.15) is 68.7 Å². The molecule has 5 aliphatic rings. The van der Waals surface area contributed by atoms with Crippen molar-refractivity contribution in [2.24, 2.45) is 11.8 Å². The third-order valence-electron chi connectivity index (χ3n) is 9.24. The topological polar surface area (TPSA) is 21.8 Å². The van der Waals surface area contributed by atoms with Crippen molar-refractivity contribution in [2.75, 3.05) is 32.7 Å². The number of likely N-dealkylation sites (tertiary alicyclic amines) is 2. The summed E-state index contributed by atoms with van der Waals surface area (Å²) in [5.74, 6) is 1.48. The largest absolute Gasteiger partial charge is 0.293 e. The minimum atomic E-state index is 0.599. The monoisotopic (exact) mass is 458 g/mol. The van der Waals surface area contributed by atoms with E-state index in [-0.39, 0.29) is 0 Å². The van der Waals surface area contributed by atoms with Gasteiger partial charge in [-0.1, -0.05) is 67.6 Å². The smallest absolute Gasteiger partial charge is 0.0351 e. The van der Waals surface area contributed by atoms with Gasteiger partial charge < -0.3 is 0 Å². The van der Waals surface area contributed by atoms with E-state index in [1.165, 1.54) is 75.8 Å². The van der Waals surface area contributed by atoms with E-state index in [2.05, 4.69) is 87.8 Å². The Hall–Kier alpha value is -1.72. The lowest BCUT2D eigenvalue weighted by molar-refractivity contribution is 0.00437. The van der Waals surface area contributed by atoms with E-state index >= 15 is 0 Å². The maximum absolute atomic E-state index is 3.73. The third-order valence-corrected chi connectivity index (χ3v) is 9.24. The van der Waals surface area contributed by atoms with Gasteiger partial charge in [-0.2, -0.15) is 0 Å². The number of rotatable bonds is 6. The summed E-state index contributed by atoms with van der Waals surface area (Å²) in [6.45, 7) is 8.22. The number of hydrazine groups is 1. The second-order valence-corrected chi connectivity index (χ2v) is 11.2. The second-order valence-electron chi connectivity index (χ2n) is 11.2. The summed E-state index contributed by atoms with van der Waals surface area (Å²) in [5.41, 5.74) is 6.79. The molecule has 5 fully saturated rings. The molecule has 4 unspecified atom stereocenters. The average molecular weight is 459 g/mol. The third kappa shape index (κ3) is 4.35. The quantitative estimate of drug-likeness (QED) is 0.637. The van der Waals surface area contributed by atoms with E-state index < -0.39 is 0 Å². The van der Waals surface area contributed by atoms with Crippen LogP contribution in [0.15, 0.2) is 60.7 Å². The van der Waals surface area contributed by atoms with Gasteiger partial charge in [-0.05, 0) is 68.7 Å². The van der Waals surface area contributed by atoms with Crippen molar-refractivity contribution in [1.29, 1.82) is 0 Å². The normalized spacial score (nSPS) is 35.1. The molecule has 2 bridgehead atoms. The van der Waals surface area contributed by atoms with Crippen molar-refractivity contribution in [2.45, 2.75) is 69.6 Å². The standard InChI is InChI=1S/C30H42N4/c1-2-31-32-21-23-19-29(33-17-9-15-27(33)24-11-5-3-6-12-24)26(22-32)30(20-23)34-18-10-16-28(34)25-13-7-4-8-14-25/h3-8,11-14,23,26-31H,2,9-10,15-22H2,1H3. The first kappa shape index (κ1) is 22.7. The van der Waals surface area contributed by atoms with Gasteiger partial charge in [0.05, 0.1) is 0 Å². The molecule has 0 amide bonds. The molecule has 0 aromatic heterocycles. The van der Waals surface area contributed by atoms with E-state index in [4.69, 9.17) is 0 Å². The zero-order chi connectivity index (χ0) is 22.9. The van der Waals surface area contributed by atoms with Crippen LogP contribution >= 0.6 is 0 Å². The molecule has 4 aliphatic heterocycles. The second kappa shape index (κ2) is 10.1. The Bertz CT molecular complexity index is 850. The predicted octanol–water partition coefficient (Wildman–Crippen LogP) is 5.26. The van der Waals surface area contributed by atoms with Gasteiger partial charge in [0.25, 0.3) is 0 Å². The van der Waals surface area contributed by atoms with Crippen molar-refractivity contribution >= 4 is 0 Å². The molecule has 182 valence electrons. The van der Waals surface area contributed by atoms with Crippen molar-refractivity contribution in [1.82, 2.24) is 20.2 Å². The molecule has 4 nitrogen and oxygen atoms in total. The van der Waals surface area contributed by atoms with Crippen LogP contribution in [0.5, 0.6) is 0 Å². The van der Waals surface area contributed by atoms with Crippen molar-refractivity contribution in [3.63, 3.8) is 0 Å². The Morgan fingerprint density at radius 2 is 1.26 bits per heavy atom. The van der Waals surface area contributed by atoms with Crippen molar-refractivity contribution in [3.05, 3.63) is 71.8 Å².